The first-order valence-corrected chi connectivity index (χ1v) is 16.4. The molecule has 0 unspecified atom stereocenters. The minimum atomic E-state index is -4.01. The number of aryl methyl sites for hydroxylation is 1. The van der Waals surface area contributed by atoms with Crippen LogP contribution in [0.1, 0.15) is 61.3 Å². The predicted octanol–water partition coefficient (Wildman–Crippen LogP) is 6.95. The lowest BCUT2D eigenvalue weighted by atomic mass is 9.98. The third-order valence-corrected chi connectivity index (χ3v) is 8.75. The highest BCUT2D eigenvalue weighted by Gasteiger charge is 2.21. The van der Waals surface area contributed by atoms with E-state index in [0.29, 0.717) is 18.5 Å². The molecule has 2 N–H and O–H groups in total. The van der Waals surface area contributed by atoms with Gasteiger partial charge in [-0.1, -0.05) is 80.9 Å². The zero-order valence-corrected chi connectivity index (χ0v) is 25.7. The van der Waals surface area contributed by atoms with E-state index in [1.165, 1.54) is 12.1 Å². The molecular formula is C35H36N4O4S. The molecular weight excluding hydrogens is 572 g/mol. The Hall–Kier alpha value is -4.76. The zero-order chi connectivity index (χ0) is 31.1. The number of sulfonamides is 1. The molecule has 0 aliphatic rings. The molecule has 0 saturated carbocycles. The van der Waals surface area contributed by atoms with Gasteiger partial charge in [-0.2, -0.15) is 0 Å². The van der Waals surface area contributed by atoms with Crippen LogP contribution in [0.3, 0.4) is 0 Å². The number of nitrogens with one attached hydrogen (secondary N) is 2. The normalized spacial score (nSPS) is 11.4. The molecule has 0 spiro atoms. The van der Waals surface area contributed by atoms with Crippen molar-refractivity contribution in [1.82, 2.24) is 14.3 Å². The zero-order valence-electron chi connectivity index (χ0n) is 24.9. The monoisotopic (exact) mass is 608 g/mol. The van der Waals surface area contributed by atoms with Gasteiger partial charge in [-0.15, -0.1) is 0 Å². The van der Waals surface area contributed by atoms with Gasteiger partial charge in [-0.05, 0) is 65.9 Å². The van der Waals surface area contributed by atoms with Crippen molar-refractivity contribution in [2.45, 2.75) is 57.4 Å². The summed E-state index contributed by atoms with van der Waals surface area (Å²) in [5.41, 5.74) is 5.33. The lowest BCUT2D eigenvalue weighted by Gasteiger charge is -2.13. The predicted molar refractivity (Wildman–Crippen MR) is 174 cm³/mol. The third-order valence-electron chi connectivity index (χ3n) is 7.40. The van der Waals surface area contributed by atoms with E-state index >= 15 is 0 Å². The largest absolute Gasteiger partial charge is 0.326 e. The van der Waals surface area contributed by atoms with Crippen LogP contribution < -0.4 is 10.0 Å². The van der Waals surface area contributed by atoms with Crippen LogP contribution >= 0.6 is 0 Å². The molecule has 0 atom stereocenters. The van der Waals surface area contributed by atoms with E-state index in [1.54, 1.807) is 30.3 Å². The maximum atomic E-state index is 13.1. The number of anilines is 1. The number of unbranched alkanes of at least 4 members (excludes halogenated alkanes) is 1. The molecule has 1 heterocycles. The lowest BCUT2D eigenvalue weighted by Crippen LogP contribution is -2.30. The standard InChI is InChI=1S/C35H36N4O4S/c1-3-5-16-33-37-31-23-27(36-34(40)11-4-2)21-22-32(31)39(33)24-25-17-19-26(20-18-25)29-14-9-10-15-30(29)35(41)38-44(42,43)28-12-7-6-8-13-28/h6-10,12-15,17-23H,3-5,11,16,24H2,1-2H3,(H,36,40)(H,38,41). The molecule has 5 rings (SSSR count). The van der Waals surface area contributed by atoms with Crippen LogP contribution in [0.2, 0.25) is 0 Å². The van der Waals surface area contributed by atoms with Crippen molar-refractivity contribution in [3.8, 4) is 11.1 Å². The van der Waals surface area contributed by atoms with Crippen LogP contribution in [-0.4, -0.2) is 29.8 Å². The van der Waals surface area contributed by atoms with Gasteiger partial charge >= 0.3 is 0 Å². The Morgan fingerprint density at radius 1 is 0.841 bits per heavy atom. The summed E-state index contributed by atoms with van der Waals surface area (Å²) >= 11 is 0. The van der Waals surface area contributed by atoms with Crippen LogP contribution in [0.4, 0.5) is 5.69 Å². The number of carbonyl (C=O) groups is 2. The molecule has 4 aromatic carbocycles. The fourth-order valence-electron chi connectivity index (χ4n) is 5.15. The molecule has 44 heavy (non-hydrogen) atoms. The maximum absolute atomic E-state index is 13.1. The number of aromatic nitrogens is 2. The van der Waals surface area contributed by atoms with E-state index in [0.717, 1.165) is 59.4 Å². The van der Waals surface area contributed by atoms with Crippen LogP contribution in [0.15, 0.2) is 102 Å². The molecule has 0 aliphatic heterocycles. The van der Waals surface area contributed by atoms with E-state index < -0.39 is 15.9 Å². The van der Waals surface area contributed by atoms with E-state index in [4.69, 9.17) is 4.98 Å². The molecule has 0 fully saturated rings. The van der Waals surface area contributed by atoms with Crippen LogP contribution in [0.5, 0.6) is 0 Å². The Morgan fingerprint density at radius 3 is 2.30 bits per heavy atom. The molecule has 2 amide bonds. The number of rotatable bonds is 12. The number of hydrogen-bond acceptors (Lipinski definition) is 5. The summed E-state index contributed by atoms with van der Waals surface area (Å²) in [6.45, 7) is 4.74. The maximum Gasteiger partial charge on any atom is 0.265 e. The van der Waals surface area contributed by atoms with Crippen LogP contribution in [-0.2, 0) is 27.8 Å². The number of imidazole rings is 1. The average Bonchev–Trinajstić information content (AvgIpc) is 3.36. The van der Waals surface area contributed by atoms with Gasteiger partial charge in [-0.25, -0.2) is 18.1 Å². The molecule has 1 aromatic heterocycles. The van der Waals surface area contributed by atoms with Crippen molar-refractivity contribution < 1.29 is 18.0 Å². The fraction of sp³-hybridized carbons (Fsp3) is 0.229. The highest BCUT2D eigenvalue weighted by atomic mass is 32.2. The van der Waals surface area contributed by atoms with E-state index in [9.17, 15) is 18.0 Å². The van der Waals surface area contributed by atoms with Crippen LogP contribution in [0, 0.1) is 0 Å². The van der Waals surface area contributed by atoms with Crippen molar-refractivity contribution >= 4 is 38.6 Å². The molecule has 226 valence electrons. The number of fused-ring (bicyclic) bond motifs is 1. The second-order valence-corrected chi connectivity index (χ2v) is 12.4. The highest BCUT2D eigenvalue weighted by molar-refractivity contribution is 7.90. The van der Waals surface area contributed by atoms with Crippen molar-refractivity contribution in [3.63, 3.8) is 0 Å². The van der Waals surface area contributed by atoms with Gasteiger partial charge in [0.25, 0.3) is 15.9 Å². The summed E-state index contributed by atoms with van der Waals surface area (Å²) in [5, 5.41) is 2.96. The molecule has 9 heteroatoms. The Morgan fingerprint density at radius 2 is 1.57 bits per heavy atom. The summed E-state index contributed by atoms with van der Waals surface area (Å²) in [7, 11) is -4.01. The molecule has 0 bridgehead atoms. The first-order chi connectivity index (χ1) is 21.3. The molecule has 0 saturated heterocycles. The lowest BCUT2D eigenvalue weighted by molar-refractivity contribution is -0.116. The fourth-order valence-corrected chi connectivity index (χ4v) is 6.14. The van der Waals surface area contributed by atoms with Crippen molar-refractivity contribution in [3.05, 3.63) is 114 Å². The summed E-state index contributed by atoms with van der Waals surface area (Å²) in [6, 6.07) is 28.6. The van der Waals surface area contributed by atoms with Gasteiger partial charge in [0, 0.05) is 30.6 Å². The first-order valence-electron chi connectivity index (χ1n) is 14.9. The van der Waals surface area contributed by atoms with Gasteiger partial charge < -0.3 is 9.88 Å². The Labute approximate surface area is 258 Å². The average molecular weight is 609 g/mol. The summed E-state index contributed by atoms with van der Waals surface area (Å²) < 4.78 is 30.0. The second-order valence-electron chi connectivity index (χ2n) is 10.7. The summed E-state index contributed by atoms with van der Waals surface area (Å²) in [5.74, 6) is 0.295. The summed E-state index contributed by atoms with van der Waals surface area (Å²) in [4.78, 5) is 30.2. The Bertz CT molecular complexity index is 1880. The van der Waals surface area contributed by atoms with E-state index in [1.807, 2.05) is 61.5 Å². The second kappa shape index (κ2) is 13.7. The van der Waals surface area contributed by atoms with Gasteiger partial charge in [0.1, 0.15) is 5.82 Å². The minimum absolute atomic E-state index is 0.00514. The Kier molecular flexibility index (Phi) is 9.55. The van der Waals surface area contributed by atoms with Gasteiger partial charge in [-0.3, -0.25) is 9.59 Å². The number of benzene rings is 4. The van der Waals surface area contributed by atoms with Gasteiger partial charge in [0.05, 0.1) is 15.9 Å². The van der Waals surface area contributed by atoms with E-state index in [2.05, 4.69) is 21.5 Å². The molecule has 0 radical (unpaired) electrons. The molecule has 5 aromatic rings. The number of carbonyl (C=O) groups excluding carboxylic acids is 2. The first kappa shape index (κ1) is 30.7. The van der Waals surface area contributed by atoms with Gasteiger partial charge in [0.15, 0.2) is 0 Å². The number of nitrogens with zero attached hydrogens (tertiary/aromatic N) is 2. The number of amides is 2. The third kappa shape index (κ3) is 7.06. The molecule has 0 aliphatic carbocycles. The SMILES string of the molecule is CCCCc1nc2cc(NC(=O)CCC)ccc2n1Cc1ccc(-c2ccccc2C(=O)NS(=O)(=O)c2ccccc2)cc1. The quantitative estimate of drug-likeness (QED) is 0.159. The number of hydrogen-bond donors (Lipinski definition) is 2. The minimum Gasteiger partial charge on any atom is -0.326 e. The highest BCUT2D eigenvalue weighted by Crippen LogP contribution is 2.27. The summed E-state index contributed by atoms with van der Waals surface area (Å²) in [6.07, 6.45) is 4.18. The van der Waals surface area contributed by atoms with Crippen molar-refractivity contribution in [2.75, 3.05) is 5.32 Å². The van der Waals surface area contributed by atoms with Crippen molar-refractivity contribution in [1.29, 1.82) is 0 Å². The van der Waals surface area contributed by atoms with Gasteiger partial charge in [0.2, 0.25) is 5.91 Å². The van der Waals surface area contributed by atoms with Crippen molar-refractivity contribution in [2.24, 2.45) is 0 Å². The topological polar surface area (TPSA) is 110 Å². The van der Waals surface area contributed by atoms with E-state index in [-0.39, 0.29) is 16.4 Å². The smallest absolute Gasteiger partial charge is 0.265 e. The van der Waals surface area contributed by atoms with Crippen LogP contribution in [0.25, 0.3) is 22.2 Å². The molecule has 8 nitrogen and oxygen atoms in total. The Balaban J connectivity index is 1.39.